The number of H-pyrrole nitrogens is 1. The van der Waals surface area contributed by atoms with E-state index in [1.54, 1.807) is 18.3 Å². The number of aromatic amines is 1. The standard InChI is InChI=1S/C16H15N3O3S/c1-22-14(20)8-12(13-6-3-7-23-13)18-16(21)11-5-2-4-10-9-17-19-15(10)11/h2-7,9,12H,8H2,1H3,(H,17,19)(H,18,21). The Bertz CT molecular complexity index is 826. The number of hydrogen-bond acceptors (Lipinski definition) is 5. The average molecular weight is 329 g/mol. The first-order valence-electron chi connectivity index (χ1n) is 7.02. The Hall–Kier alpha value is -2.67. The Balaban J connectivity index is 1.86. The van der Waals surface area contributed by atoms with E-state index in [0.29, 0.717) is 11.1 Å². The van der Waals surface area contributed by atoms with Gasteiger partial charge in [-0.1, -0.05) is 18.2 Å². The first-order chi connectivity index (χ1) is 11.2. The van der Waals surface area contributed by atoms with Crippen molar-refractivity contribution in [1.29, 1.82) is 0 Å². The number of ether oxygens (including phenoxy) is 1. The van der Waals surface area contributed by atoms with Crippen molar-refractivity contribution in [3.63, 3.8) is 0 Å². The molecule has 3 aromatic rings. The number of thiophene rings is 1. The number of aromatic nitrogens is 2. The number of nitrogens with zero attached hydrogens (tertiary/aromatic N) is 1. The maximum absolute atomic E-state index is 12.6. The number of fused-ring (bicyclic) bond motifs is 1. The van der Waals surface area contributed by atoms with Gasteiger partial charge < -0.3 is 10.1 Å². The first-order valence-corrected chi connectivity index (χ1v) is 7.90. The van der Waals surface area contributed by atoms with E-state index >= 15 is 0 Å². The molecule has 118 valence electrons. The third-order valence-electron chi connectivity index (χ3n) is 3.51. The van der Waals surface area contributed by atoms with E-state index < -0.39 is 6.04 Å². The number of nitrogens with one attached hydrogen (secondary N) is 2. The van der Waals surface area contributed by atoms with Crippen molar-refractivity contribution in [2.45, 2.75) is 12.5 Å². The summed E-state index contributed by atoms with van der Waals surface area (Å²) in [4.78, 5) is 25.2. The van der Waals surface area contributed by atoms with Gasteiger partial charge in [0.15, 0.2) is 0 Å². The molecule has 2 N–H and O–H groups in total. The minimum Gasteiger partial charge on any atom is -0.469 e. The maximum atomic E-state index is 12.6. The first kappa shape index (κ1) is 15.2. The van der Waals surface area contributed by atoms with Crippen molar-refractivity contribution in [3.8, 4) is 0 Å². The molecule has 0 fully saturated rings. The molecule has 1 unspecified atom stereocenters. The molecule has 23 heavy (non-hydrogen) atoms. The van der Waals surface area contributed by atoms with Crippen LogP contribution >= 0.6 is 11.3 Å². The summed E-state index contributed by atoms with van der Waals surface area (Å²) in [7, 11) is 1.33. The highest BCUT2D eigenvalue weighted by molar-refractivity contribution is 7.10. The number of carbonyl (C=O) groups is 2. The van der Waals surface area contributed by atoms with E-state index in [-0.39, 0.29) is 18.3 Å². The molecular weight excluding hydrogens is 314 g/mol. The maximum Gasteiger partial charge on any atom is 0.307 e. The summed E-state index contributed by atoms with van der Waals surface area (Å²) < 4.78 is 4.72. The molecule has 1 aromatic carbocycles. The van der Waals surface area contributed by atoms with Gasteiger partial charge in [0.25, 0.3) is 5.91 Å². The third-order valence-corrected chi connectivity index (χ3v) is 4.50. The van der Waals surface area contributed by atoms with Crippen LogP contribution in [0.4, 0.5) is 0 Å². The van der Waals surface area contributed by atoms with Crippen LogP contribution in [-0.2, 0) is 9.53 Å². The van der Waals surface area contributed by atoms with Crippen molar-refractivity contribution in [1.82, 2.24) is 15.5 Å². The molecular formula is C16H15N3O3S. The molecule has 7 heteroatoms. The summed E-state index contributed by atoms with van der Waals surface area (Å²) in [5.74, 6) is -0.634. The van der Waals surface area contributed by atoms with Crippen LogP contribution in [0.15, 0.2) is 41.9 Å². The second kappa shape index (κ2) is 6.62. The summed E-state index contributed by atoms with van der Waals surface area (Å²) in [6.45, 7) is 0. The van der Waals surface area contributed by atoms with Crippen LogP contribution in [0.1, 0.15) is 27.7 Å². The molecule has 2 aromatic heterocycles. The van der Waals surface area contributed by atoms with Crippen molar-refractivity contribution in [3.05, 3.63) is 52.3 Å². The molecule has 0 aliphatic rings. The zero-order chi connectivity index (χ0) is 16.2. The second-order valence-electron chi connectivity index (χ2n) is 4.96. The van der Waals surface area contributed by atoms with E-state index in [1.807, 2.05) is 23.6 Å². The molecule has 0 bridgehead atoms. The SMILES string of the molecule is COC(=O)CC(NC(=O)c1cccc2cn[nH]c12)c1cccs1. The van der Waals surface area contributed by atoms with E-state index in [2.05, 4.69) is 15.5 Å². The lowest BCUT2D eigenvalue weighted by atomic mass is 10.1. The number of methoxy groups -OCH3 is 1. The Labute approximate surface area is 136 Å². The van der Waals surface area contributed by atoms with E-state index in [0.717, 1.165) is 10.3 Å². The van der Waals surface area contributed by atoms with Crippen molar-refractivity contribution in [2.24, 2.45) is 0 Å². The summed E-state index contributed by atoms with van der Waals surface area (Å²) in [5, 5.41) is 12.5. The van der Waals surface area contributed by atoms with Crippen LogP contribution < -0.4 is 5.32 Å². The van der Waals surface area contributed by atoms with Gasteiger partial charge in [-0.15, -0.1) is 11.3 Å². The molecule has 1 atom stereocenters. The van der Waals surface area contributed by atoms with Crippen molar-refractivity contribution >= 4 is 34.1 Å². The molecule has 3 rings (SSSR count). The monoisotopic (exact) mass is 329 g/mol. The summed E-state index contributed by atoms with van der Waals surface area (Å²) >= 11 is 1.48. The number of hydrogen-bond donors (Lipinski definition) is 2. The quantitative estimate of drug-likeness (QED) is 0.705. The molecule has 0 radical (unpaired) electrons. The summed E-state index contributed by atoms with van der Waals surface area (Å²) in [5.41, 5.74) is 1.17. The molecule has 0 saturated heterocycles. The predicted octanol–water partition coefficient (Wildman–Crippen LogP) is 2.66. The average Bonchev–Trinajstić information content (AvgIpc) is 3.24. The fraction of sp³-hybridized carbons (Fsp3) is 0.188. The lowest BCUT2D eigenvalue weighted by Gasteiger charge is -2.16. The minimum absolute atomic E-state index is 0.0850. The van der Waals surface area contributed by atoms with Gasteiger partial charge in [0.05, 0.1) is 36.8 Å². The largest absolute Gasteiger partial charge is 0.469 e. The van der Waals surface area contributed by atoms with Crippen LogP contribution in [-0.4, -0.2) is 29.2 Å². The van der Waals surface area contributed by atoms with E-state index in [4.69, 9.17) is 4.74 Å². The van der Waals surface area contributed by atoms with Crippen LogP contribution in [0.3, 0.4) is 0 Å². The van der Waals surface area contributed by atoms with Crippen LogP contribution in [0.2, 0.25) is 0 Å². The molecule has 1 amide bonds. The fourth-order valence-corrected chi connectivity index (χ4v) is 3.13. The third kappa shape index (κ3) is 3.24. The van der Waals surface area contributed by atoms with Crippen molar-refractivity contribution in [2.75, 3.05) is 7.11 Å². The van der Waals surface area contributed by atoms with Crippen LogP contribution in [0.25, 0.3) is 10.9 Å². The topological polar surface area (TPSA) is 84.1 Å². The number of para-hydroxylation sites is 1. The Kier molecular flexibility index (Phi) is 4.38. The van der Waals surface area contributed by atoms with Crippen LogP contribution in [0, 0.1) is 0 Å². The summed E-state index contributed by atoms with van der Waals surface area (Å²) in [6, 6.07) is 8.74. The van der Waals surface area contributed by atoms with Gasteiger partial charge in [-0.25, -0.2) is 0 Å². The Morgan fingerprint density at radius 3 is 2.96 bits per heavy atom. The number of esters is 1. The molecule has 0 spiro atoms. The van der Waals surface area contributed by atoms with Gasteiger partial charge in [-0.2, -0.15) is 5.10 Å². The van der Waals surface area contributed by atoms with E-state index in [9.17, 15) is 9.59 Å². The highest BCUT2D eigenvalue weighted by atomic mass is 32.1. The minimum atomic E-state index is -0.423. The zero-order valence-corrected chi connectivity index (χ0v) is 13.2. The van der Waals surface area contributed by atoms with Crippen molar-refractivity contribution < 1.29 is 14.3 Å². The van der Waals surface area contributed by atoms with Crippen LogP contribution in [0.5, 0.6) is 0 Å². The predicted molar refractivity (Wildman–Crippen MR) is 87.3 cm³/mol. The molecule has 0 aliphatic heterocycles. The normalized spacial score (nSPS) is 12.0. The molecule has 0 aliphatic carbocycles. The van der Waals surface area contributed by atoms with Gasteiger partial charge in [0.1, 0.15) is 0 Å². The van der Waals surface area contributed by atoms with Gasteiger partial charge >= 0.3 is 5.97 Å². The highest BCUT2D eigenvalue weighted by Crippen LogP contribution is 2.24. The highest BCUT2D eigenvalue weighted by Gasteiger charge is 2.21. The van der Waals surface area contributed by atoms with Gasteiger partial charge in [-0.05, 0) is 17.5 Å². The molecule has 6 nitrogen and oxygen atoms in total. The lowest BCUT2D eigenvalue weighted by Crippen LogP contribution is -2.30. The molecule has 2 heterocycles. The second-order valence-corrected chi connectivity index (χ2v) is 5.94. The van der Waals surface area contributed by atoms with Gasteiger partial charge in [0, 0.05) is 10.3 Å². The van der Waals surface area contributed by atoms with E-state index in [1.165, 1.54) is 18.4 Å². The summed E-state index contributed by atoms with van der Waals surface area (Å²) in [6.07, 6.45) is 1.75. The Morgan fingerprint density at radius 1 is 1.35 bits per heavy atom. The zero-order valence-electron chi connectivity index (χ0n) is 12.4. The number of rotatable bonds is 5. The van der Waals surface area contributed by atoms with Gasteiger partial charge in [0.2, 0.25) is 0 Å². The number of amides is 1. The molecule has 0 saturated carbocycles. The number of benzene rings is 1. The van der Waals surface area contributed by atoms with Gasteiger partial charge in [-0.3, -0.25) is 14.7 Å². The fourth-order valence-electron chi connectivity index (χ4n) is 2.36. The lowest BCUT2D eigenvalue weighted by molar-refractivity contribution is -0.141. The Morgan fingerprint density at radius 2 is 2.22 bits per heavy atom. The smallest absolute Gasteiger partial charge is 0.307 e. The number of carbonyl (C=O) groups excluding carboxylic acids is 2.